The van der Waals surface area contributed by atoms with Crippen LogP contribution in [0.4, 0.5) is 0 Å². The average Bonchev–Trinajstić information content (AvgIpc) is 2.34. The van der Waals surface area contributed by atoms with Gasteiger partial charge < -0.3 is 15.3 Å². The number of rotatable bonds is 3. The highest BCUT2D eigenvalue weighted by atomic mass is 16.4. The van der Waals surface area contributed by atoms with E-state index in [2.05, 4.69) is 5.32 Å². The van der Waals surface area contributed by atoms with Crippen LogP contribution in [0.3, 0.4) is 0 Å². The Labute approximate surface area is 72.6 Å². The number of likely N-dealkylation sites (tertiary alicyclic amines) is 1. The van der Waals surface area contributed by atoms with Crippen LogP contribution < -0.4 is 5.32 Å². The minimum Gasteiger partial charge on any atom is -0.480 e. The molecular weight excluding hydrogens is 156 g/mol. The van der Waals surface area contributed by atoms with Crippen LogP contribution in [0.25, 0.3) is 0 Å². The lowest BCUT2D eigenvalue weighted by atomic mass is 9.99. The summed E-state index contributed by atoms with van der Waals surface area (Å²) in [5.41, 5.74) is -0.691. The molecule has 1 unspecified atom stereocenters. The van der Waals surface area contributed by atoms with Crippen LogP contribution in [-0.2, 0) is 4.79 Å². The van der Waals surface area contributed by atoms with Crippen LogP contribution in [0.15, 0.2) is 0 Å². The van der Waals surface area contributed by atoms with Crippen LogP contribution >= 0.6 is 0 Å². The molecule has 1 fully saturated rings. The SMILES string of the molecule is CCNC1(C(=O)O)CCN(C)C1. The van der Waals surface area contributed by atoms with Crippen molar-refractivity contribution in [1.29, 1.82) is 0 Å². The Balaban J connectivity index is 2.67. The molecule has 0 aromatic rings. The molecule has 4 heteroatoms. The first-order valence-electron chi connectivity index (χ1n) is 4.28. The molecule has 0 bridgehead atoms. The molecule has 1 aliphatic heterocycles. The summed E-state index contributed by atoms with van der Waals surface area (Å²) in [6, 6.07) is 0. The van der Waals surface area contributed by atoms with Gasteiger partial charge in [-0.15, -0.1) is 0 Å². The highest BCUT2D eigenvalue weighted by Crippen LogP contribution is 2.19. The number of hydrogen-bond donors (Lipinski definition) is 2. The molecule has 0 aliphatic carbocycles. The van der Waals surface area contributed by atoms with Crippen LogP contribution in [0, 0.1) is 0 Å². The van der Waals surface area contributed by atoms with Crippen LogP contribution in [0.5, 0.6) is 0 Å². The van der Waals surface area contributed by atoms with Crippen LogP contribution in [-0.4, -0.2) is 48.2 Å². The summed E-state index contributed by atoms with van der Waals surface area (Å²) < 4.78 is 0. The zero-order chi connectivity index (χ0) is 9.19. The van der Waals surface area contributed by atoms with E-state index in [1.807, 2.05) is 18.9 Å². The monoisotopic (exact) mass is 172 g/mol. The maximum atomic E-state index is 11.0. The van der Waals surface area contributed by atoms with E-state index in [1.54, 1.807) is 0 Å². The lowest BCUT2D eigenvalue weighted by molar-refractivity contribution is -0.144. The van der Waals surface area contributed by atoms with E-state index < -0.39 is 11.5 Å². The molecular formula is C8H16N2O2. The summed E-state index contributed by atoms with van der Waals surface area (Å²) in [6.45, 7) is 4.11. The summed E-state index contributed by atoms with van der Waals surface area (Å²) in [6.07, 6.45) is 0.701. The minimum atomic E-state index is -0.728. The Morgan fingerprint density at radius 3 is 2.75 bits per heavy atom. The zero-order valence-electron chi connectivity index (χ0n) is 7.63. The summed E-state index contributed by atoms with van der Waals surface area (Å²) in [4.78, 5) is 13.0. The van der Waals surface area contributed by atoms with Crippen molar-refractivity contribution in [2.45, 2.75) is 18.9 Å². The third kappa shape index (κ3) is 1.59. The van der Waals surface area contributed by atoms with Crippen molar-refractivity contribution in [2.24, 2.45) is 0 Å². The fourth-order valence-electron chi connectivity index (χ4n) is 1.73. The molecule has 0 spiro atoms. The smallest absolute Gasteiger partial charge is 0.325 e. The summed E-state index contributed by atoms with van der Waals surface area (Å²) in [5, 5.41) is 12.1. The van der Waals surface area contributed by atoms with Gasteiger partial charge in [0.2, 0.25) is 0 Å². The number of carbonyl (C=O) groups is 1. The molecule has 1 heterocycles. The van der Waals surface area contributed by atoms with Crippen molar-refractivity contribution in [3.05, 3.63) is 0 Å². The molecule has 0 aromatic heterocycles. The molecule has 70 valence electrons. The fourth-order valence-corrected chi connectivity index (χ4v) is 1.73. The maximum absolute atomic E-state index is 11.0. The first-order chi connectivity index (χ1) is 5.60. The van der Waals surface area contributed by atoms with Crippen molar-refractivity contribution in [3.8, 4) is 0 Å². The number of carboxylic acid groups (broad SMARTS) is 1. The van der Waals surface area contributed by atoms with Crippen LogP contribution in [0.1, 0.15) is 13.3 Å². The third-order valence-corrected chi connectivity index (χ3v) is 2.38. The van der Waals surface area contributed by atoms with E-state index in [0.29, 0.717) is 19.5 Å². The first-order valence-corrected chi connectivity index (χ1v) is 4.28. The van der Waals surface area contributed by atoms with Crippen molar-refractivity contribution in [3.63, 3.8) is 0 Å². The number of hydrogen-bond acceptors (Lipinski definition) is 3. The number of carboxylic acids is 1. The second-order valence-electron chi connectivity index (χ2n) is 3.41. The normalized spacial score (nSPS) is 30.8. The summed E-state index contributed by atoms with van der Waals surface area (Å²) in [7, 11) is 1.95. The number of nitrogens with zero attached hydrogens (tertiary/aromatic N) is 1. The molecule has 1 aliphatic rings. The van der Waals surface area contributed by atoms with Gasteiger partial charge in [0.05, 0.1) is 0 Å². The highest BCUT2D eigenvalue weighted by molar-refractivity contribution is 5.79. The van der Waals surface area contributed by atoms with Gasteiger partial charge in [0.1, 0.15) is 5.54 Å². The van der Waals surface area contributed by atoms with E-state index >= 15 is 0 Å². The molecule has 0 radical (unpaired) electrons. The van der Waals surface area contributed by atoms with Gasteiger partial charge >= 0.3 is 5.97 Å². The maximum Gasteiger partial charge on any atom is 0.325 e. The molecule has 0 saturated carbocycles. The van der Waals surface area contributed by atoms with Gasteiger partial charge in [-0.25, -0.2) is 0 Å². The third-order valence-electron chi connectivity index (χ3n) is 2.38. The molecule has 1 atom stereocenters. The number of likely N-dealkylation sites (N-methyl/N-ethyl adjacent to an activating group) is 2. The molecule has 4 nitrogen and oxygen atoms in total. The van der Waals surface area contributed by atoms with Crippen molar-refractivity contribution in [1.82, 2.24) is 10.2 Å². The predicted molar refractivity (Wildman–Crippen MR) is 46.2 cm³/mol. The topological polar surface area (TPSA) is 52.6 Å². The van der Waals surface area contributed by atoms with Gasteiger partial charge in [0.15, 0.2) is 0 Å². The van der Waals surface area contributed by atoms with Crippen molar-refractivity contribution in [2.75, 3.05) is 26.7 Å². The quantitative estimate of drug-likeness (QED) is 0.616. The molecule has 0 aromatic carbocycles. The standard InChI is InChI=1S/C8H16N2O2/c1-3-9-8(7(11)12)4-5-10(2)6-8/h9H,3-6H2,1-2H3,(H,11,12). The first kappa shape index (κ1) is 9.48. The van der Waals surface area contributed by atoms with E-state index in [0.717, 1.165) is 6.54 Å². The molecule has 1 saturated heterocycles. The second kappa shape index (κ2) is 3.41. The van der Waals surface area contributed by atoms with Crippen LogP contribution in [0.2, 0.25) is 0 Å². The summed E-state index contributed by atoms with van der Waals surface area (Å²) in [5.74, 6) is -0.728. The van der Waals surface area contributed by atoms with Gasteiger partial charge in [-0.3, -0.25) is 4.79 Å². The molecule has 0 amide bonds. The minimum absolute atomic E-state index is 0.607. The lowest BCUT2D eigenvalue weighted by Crippen LogP contribution is -2.53. The van der Waals surface area contributed by atoms with E-state index in [1.165, 1.54) is 0 Å². The fraction of sp³-hybridized carbons (Fsp3) is 0.875. The zero-order valence-corrected chi connectivity index (χ0v) is 7.63. The van der Waals surface area contributed by atoms with Gasteiger partial charge in [0, 0.05) is 13.1 Å². The lowest BCUT2D eigenvalue weighted by Gasteiger charge is -2.24. The molecule has 12 heavy (non-hydrogen) atoms. The van der Waals surface area contributed by atoms with Crippen molar-refractivity contribution >= 4 is 5.97 Å². The average molecular weight is 172 g/mol. The molecule has 1 rings (SSSR count). The largest absolute Gasteiger partial charge is 0.480 e. The predicted octanol–water partition coefficient (Wildman–Crippen LogP) is -0.245. The van der Waals surface area contributed by atoms with E-state index in [-0.39, 0.29) is 0 Å². The Kier molecular flexibility index (Phi) is 2.69. The number of nitrogens with one attached hydrogen (secondary N) is 1. The van der Waals surface area contributed by atoms with E-state index in [9.17, 15) is 4.79 Å². The summed E-state index contributed by atoms with van der Waals surface area (Å²) >= 11 is 0. The highest BCUT2D eigenvalue weighted by Gasteiger charge is 2.42. The second-order valence-corrected chi connectivity index (χ2v) is 3.41. The van der Waals surface area contributed by atoms with Gasteiger partial charge in [-0.05, 0) is 20.0 Å². The Morgan fingerprint density at radius 1 is 1.75 bits per heavy atom. The van der Waals surface area contributed by atoms with Gasteiger partial charge in [0.25, 0.3) is 0 Å². The Morgan fingerprint density at radius 2 is 2.42 bits per heavy atom. The Bertz CT molecular complexity index is 180. The van der Waals surface area contributed by atoms with E-state index in [4.69, 9.17) is 5.11 Å². The van der Waals surface area contributed by atoms with Crippen molar-refractivity contribution < 1.29 is 9.90 Å². The Hall–Kier alpha value is -0.610. The van der Waals surface area contributed by atoms with Gasteiger partial charge in [-0.1, -0.05) is 6.92 Å². The number of aliphatic carboxylic acids is 1. The molecule has 2 N–H and O–H groups in total. The van der Waals surface area contributed by atoms with Gasteiger partial charge in [-0.2, -0.15) is 0 Å².